The Morgan fingerprint density at radius 1 is 1.39 bits per heavy atom. The number of nitrogen functional groups attached to an aromatic ring is 1. The first-order valence-corrected chi connectivity index (χ1v) is 7.27. The van der Waals surface area contributed by atoms with E-state index in [-0.39, 0.29) is 10.6 Å². The van der Waals surface area contributed by atoms with Gasteiger partial charge in [0, 0.05) is 25.3 Å². The first kappa shape index (κ1) is 14.8. The van der Waals surface area contributed by atoms with Crippen LogP contribution in [0.4, 0.5) is 5.69 Å². The number of benzene rings is 1. The number of nitrogens with two attached hydrogens (primary N) is 1. The van der Waals surface area contributed by atoms with E-state index in [1.54, 1.807) is 13.1 Å². The van der Waals surface area contributed by atoms with Crippen molar-refractivity contribution in [2.24, 2.45) is 0 Å². The van der Waals surface area contributed by atoms with E-state index in [0.29, 0.717) is 12.2 Å². The highest BCUT2D eigenvalue weighted by atomic mass is 32.2. The average Bonchev–Trinajstić information content (AvgIpc) is 2.35. The van der Waals surface area contributed by atoms with Crippen LogP contribution in [-0.2, 0) is 10.0 Å². The molecule has 0 heterocycles. The maximum Gasteiger partial charge on any atom is 0.246 e. The Kier molecular flexibility index (Phi) is 4.98. The summed E-state index contributed by atoms with van der Waals surface area (Å²) in [4.78, 5) is 0.151. The number of anilines is 1. The highest BCUT2D eigenvalue weighted by molar-refractivity contribution is 7.89. The molecule has 1 rings (SSSR count). The lowest BCUT2D eigenvalue weighted by atomic mass is 10.3. The Balaban J connectivity index is 3.12. The van der Waals surface area contributed by atoms with Gasteiger partial charge in [0.15, 0.2) is 0 Å². The summed E-state index contributed by atoms with van der Waals surface area (Å²) in [6, 6.07) is 4.55. The molecule has 2 N–H and O–H groups in total. The van der Waals surface area contributed by atoms with Gasteiger partial charge in [0.05, 0.1) is 7.11 Å². The van der Waals surface area contributed by atoms with Crippen LogP contribution in [0.25, 0.3) is 0 Å². The molecule has 0 aliphatic carbocycles. The maximum absolute atomic E-state index is 12.3. The summed E-state index contributed by atoms with van der Waals surface area (Å²) in [5.74, 6) is 0.276. The van der Waals surface area contributed by atoms with E-state index < -0.39 is 10.0 Å². The number of rotatable bonds is 6. The van der Waals surface area contributed by atoms with Gasteiger partial charge >= 0.3 is 0 Å². The molecule has 0 atom stereocenters. The lowest BCUT2D eigenvalue weighted by Crippen LogP contribution is -2.28. The lowest BCUT2D eigenvalue weighted by molar-refractivity contribution is 0.397. The van der Waals surface area contributed by atoms with Crippen molar-refractivity contribution in [1.29, 1.82) is 0 Å². The largest absolute Gasteiger partial charge is 0.495 e. The summed E-state index contributed by atoms with van der Waals surface area (Å²) in [6.45, 7) is 2.51. The first-order chi connectivity index (χ1) is 8.43. The predicted molar refractivity (Wildman–Crippen MR) is 72.1 cm³/mol. The van der Waals surface area contributed by atoms with E-state index in [1.807, 2.05) is 6.92 Å². The number of ether oxygens (including phenoxy) is 1. The summed E-state index contributed by atoms with van der Waals surface area (Å²) in [5.41, 5.74) is 6.09. The molecular weight excluding hydrogens is 252 g/mol. The van der Waals surface area contributed by atoms with Gasteiger partial charge in [-0.2, -0.15) is 0 Å². The average molecular weight is 272 g/mol. The molecule has 0 aliphatic rings. The highest BCUT2D eigenvalue weighted by Gasteiger charge is 2.24. The fourth-order valence-corrected chi connectivity index (χ4v) is 2.91. The molecule has 0 aromatic heterocycles. The van der Waals surface area contributed by atoms with Gasteiger partial charge in [-0.05, 0) is 18.6 Å². The minimum absolute atomic E-state index is 0.151. The van der Waals surface area contributed by atoms with Gasteiger partial charge < -0.3 is 10.5 Å². The van der Waals surface area contributed by atoms with Crippen molar-refractivity contribution < 1.29 is 13.2 Å². The van der Waals surface area contributed by atoms with Crippen LogP contribution < -0.4 is 10.5 Å². The number of sulfonamides is 1. The summed E-state index contributed by atoms with van der Waals surface area (Å²) >= 11 is 0. The fourth-order valence-electron chi connectivity index (χ4n) is 1.57. The zero-order valence-corrected chi connectivity index (χ0v) is 11.8. The topological polar surface area (TPSA) is 72.6 Å². The third kappa shape index (κ3) is 3.14. The minimum Gasteiger partial charge on any atom is -0.495 e. The number of hydrogen-bond donors (Lipinski definition) is 1. The molecule has 1 aromatic rings. The Labute approximate surface area is 109 Å². The first-order valence-electron chi connectivity index (χ1n) is 5.83. The third-order valence-corrected chi connectivity index (χ3v) is 4.60. The third-order valence-electron chi connectivity index (χ3n) is 2.70. The zero-order valence-electron chi connectivity index (χ0n) is 11.0. The normalized spacial score (nSPS) is 11.8. The Morgan fingerprint density at radius 2 is 2.06 bits per heavy atom. The Bertz CT molecular complexity index is 500. The lowest BCUT2D eigenvalue weighted by Gasteiger charge is -2.18. The van der Waals surface area contributed by atoms with Crippen molar-refractivity contribution in [2.45, 2.75) is 24.7 Å². The van der Waals surface area contributed by atoms with E-state index in [9.17, 15) is 8.42 Å². The SMILES string of the molecule is CCCCN(C)S(=O)(=O)c1ccc(N)cc1OC. The number of hydrogen-bond acceptors (Lipinski definition) is 4. The van der Waals surface area contributed by atoms with Crippen LogP contribution in [0.2, 0.25) is 0 Å². The van der Waals surface area contributed by atoms with E-state index in [0.717, 1.165) is 12.8 Å². The number of unbranched alkanes of at least 4 members (excludes halogenated alkanes) is 1. The molecule has 5 nitrogen and oxygen atoms in total. The molecule has 0 unspecified atom stereocenters. The second kappa shape index (κ2) is 6.06. The smallest absolute Gasteiger partial charge is 0.246 e. The number of nitrogens with zero attached hydrogens (tertiary/aromatic N) is 1. The van der Waals surface area contributed by atoms with Crippen molar-refractivity contribution in [3.63, 3.8) is 0 Å². The number of methoxy groups -OCH3 is 1. The van der Waals surface area contributed by atoms with Crippen LogP contribution in [0.1, 0.15) is 19.8 Å². The Hall–Kier alpha value is -1.27. The van der Waals surface area contributed by atoms with E-state index in [4.69, 9.17) is 10.5 Å². The van der Waals surface area contributed by atoms with Crippen molar-refractivity contribution in [3.05, 3.63) is 18.2 Å². The van der Waals surface area contributed by atoms with Crippen molar-refractivity contribution in [3.8, 4) is 5.75 Å². The van der Waals surface area contributed by atoms with Crippen molar-refractivity contribution in [2.75, 3.05) is 26.4 Å². The molecule has 0 aliphatic heterocycles. The van der Waals surface area contributed by atoms with Crippen LogP contribution in [0.5, 0.6) is 5.75 Å². The van der Waals surface area contributed by atoms with Gasteiger partial charge in [-0.15, -0.1) is 0 Å². The van der Waals surface area contributed by atoms with Crippen LogP contribution in [0.3, 0.4) is 0 Å². The quantitative estimate of drug-likeness (QED) is 0.800. The fraction of sp³-hybridized carbons (Fsp3) is 0.500. The second-order valence-electron chi connectivity index (χ2n) is 4.09. The molecule has 0 bridgehead atoms. The van der Waals surface area contributed by atoms with Gasteiger partial charge in [-0.1, -0.05) is 13.3 Å². The maximum atomic E-state index is 12.3. The standard InChI is InChI=1S/C12H20N2O3S/c1-4-5-8-14(2)18(15,16)12-7-6-10(13)9-11(12)17-3/h6-7,9H,4-5,8,13H2,1-3H3. The van der Waals surface area contributed by atoms with Gasteiger partial charge in [0.2, 0.25) is 10.0 Å². The van der Waals surface area contributed by atoms with Gasteiger partial charge in [-0.3, -0.25) is 0 Å². The van der Waals surface area contributed by atoms with Crippen LogP contribution in [-0.4, -0.2) is 33.4 Å². The molecule has 18 heavy (non-hydrogen) atoms. The second-order valence-corrected chi connectivity index (χ2v) is 6.10. The minimum atomic E-state index is -3.52. The molecule has 0 amide bonds. The monoisotopic (exact) mass is 272 g/mol. The molecule has 102 valence electrons. The molecule has 6 heteroatoms. The predicted octanol–water partition coefficient (Wildman–Crippen LogP) is 1.70. The zero-order chi connectivity index (χ0) is 13.8. The molecule has 0 saturated carbocycles. The summed E-state index contributed by atoms with van der Waals surface area (Å²) in [6.07, 6.45) is 1.77. The van der Waals surface area contributed by atoms with Gasteiger partial charge in [-0.25, -0.2) is 12.7 Å². The molecule has 0 radical (unpaired) electrons. The van der Waals surface area contributed by atoms with Gasteiger partial charge in [0.25, 0.3) is 0 Å². The highest BCUT2D eigenvalue weighted by Crippen LogP contribution is 2.28. The molecule has 0 fully saturated rings. The summed E-state index contributed by atoms with van der Waals surface area (Å²) in [7, 11) is -0.517. The van der Waals surface area contributed by atoms with Crippen LogP contribution in [0.15, 0.2) is 23.1 Å². The van der Waals surface area contributed by atoms with Crippen molar-refractivity contribution in [1.82, 2.24) is 4.31 Å². The Morgan fingerprint density at radius 3 is 2.61 bits per heavy atom. The van der Waals surface area contributed by atoms with Gasteiger partial charge in [0.1, 0.15) is 10.6 Å². The molecule has 1 aromatic carbocycles. The van der Waals surface area contributed by atoms with E-state index in [1.165, 1.54) is 23.5 Å². The van der Waals surface area contributed by atoms with Crippen LogP contribution in [0, 0.1) is 0 Å². The molecular formula is C12H20N2O3S. The van der Waals surface area contributed by atoms with E-state index in [2.05, 4.69) is 0 Å². The summed E-state index contributed by atoms with van der Waals surface area (Å²) < 4.78 is 31.1. The van der Waals surface area contributed by atoms with E-state index >= 15 is 0 Å². The van der Waals surface area contributed by atoms with Crippen LogP contribution >= 0.6 is 0 Å². The molecule has 0 spiro atoms. The van der Waals surface area contributed by atoms with Crippen molar-refractivity contribution >= 4 is 15.7 Å². The molecule has 0 saturated heterocycles. The summed E-state index contributed by atoms with van der Waals surface area (Å²) in [5, 5.41) is 0.